The van der Waals surface area contributed by atoms with Crippen molar-refractivity contribution in [2.75, 3.05) is 33.2 Å². The molecule has 1 aliphatic carbocycles. The molecule has 0 aromatic heterocycles. The standard InChI is InChI=1S/C18H36N2O/c1-19-13-10-14-20(16-15-19)17-11-8-6-4-2-3-5-7-9-12-18(17)21/h17-18,21H,2-16H2,1H3. The monoisotopic (exact) mass is 296 g/mol. The van der Waals surface area contributed by atoms with Crippen molar-refractivity contribution in [3.8, 4) is 0 Å². The Bertz CT molecular complexity index is 272. The third kappa shape index (κ3) is 6.25. The maximum absolute atomic E-state index is 10.7. The molecule has 1 saturated heterocycles. The van der Waals surface area contributed by atoms with E-state index >= 15 is 0 Å². The molecule has 0 bridgehead atoms. The molecular formula is C18H36N2O. The molecule has 2 atom stereocenters. The highest BCUT2D eigenvalue weighted by molar-refractivity contribution is 4.82. The summed E-state index contributed by atoms with van der Waals surface area (Å²) in [4.78, 5) is 5.03. The molecule has 3 nitrogen and oxygen atoms in total. The van der Waals surface area contributed by atoms with E-state index in [1.54, 1.807) is 0 Å². The van der Waals surface area contributed by atoms with Gasteiger partial charge in [0.05, 0.1) is 6.10 Å². The SMILES string of the molecule is CN1CCCN(C2CCCCCCCCCCC2O)CC1. The van der Waals surface area contributed by atoms with Gasteiger partial charge in [0.2, 0.25) is 0 Å². The van der Waals surface area contributed by atoms with Crippen molar-refractivity contribution in [3.05, 3.63) is 0 Å². The van der Waals surface area contributed by atoms with Crippen LogP contribution < -0.4 is 0 Å². The number of hydrogen-bond donors (Lipinski definition) is 1. The Morgan fingerprint density at radius 1 is 0.667 bits per heavy atom. The summed E-state index contributed by atoms with van der Waals surface area (Å²) in [6.07, 6.45) is 14.1. The lowest BCUT2D eigenvalue weighted by atomic mass is 9.94. The van der Waals surface area contributed by atoms with Gasteiger partial charge in [-0.15, -0.1) is 0 Å². The van der Waals surface area contributed by atoms with Gasteiger partial charge in [-0.2, -0.15) is 0 Å². The van der Waals surface area contributed by atoms with Crippen LogP contribution in [0.1, 0.15) is 70.6 Å². The van der Waals surface area contributed by atoms with Crippen LogP contribution in [0.5, 0.6) is 0 Å². The molecule has 124 valence electrons. The largest absolute Gasteiger partial charge is 0.391 e. The molecule has 0 spiro atoms. The Hall–Kier alpha value is -0.120. The minimum Gasteiger partial charge on any atom is -0.391 e. The fourth-order valence-corrected chi connectivity index (χ4v) is 3.98. The second kappa shape index (κ2) is 9.81. The molecule has 2 fully saturated rings. The summed E-state index contributed by atoms with van der Waals surface area (Å²) >= 11 is 0. The number of likely N-dealkylation sites (N-methyl/N-ethyl adjacent to an activating group) is 1. The van der Waals surface area contributed by atoms with Gasteiger partial charge in [-0.05, 0) is 39.4 Å². The van der Waals surface area contributed by atoms with Gasteiger partial charge < -0.3 is 10.0 Å². The predicted molar refractivity (Wildman–Crippen MR) is 89.7 cm³/mol. The fourth-order valence-electron chi connectivity index (χ4n) is 3.98. The molecule has 0 aromatic carbocycles. The zero-order chi connectivity index (χ0) is 14.9. The third-order valence-corrected chi connectivity index (χ3v) is 5.42. The Balaban J connectivity index is 1.90. The smallest absolute Gasteiger partial charge is 0.0695 e. The summed E-state index contributed by atoms with van der Waals surface area (Å²) in [6, 6.07) is 0.413. The summed E-state index contributed by atoms with van der Waals surface area (Å²) in [6.45, 7) is 4.67. The Morgan fingerprint density at radius 3 is 2.00 bits per heavy atom. The molecule has 0 aromatic rings. The molecule has 2 unspecified atom stereocenters. The molecule has 0 radical (unpaired) electrons. The van der Waals surface area contributed by atoms with Crippen molar-refractivity contribution in [3.63, 3.8) is 0 Å². The predicted octanol–water partition coefficient (Wildman–Crippen LogP) is 3.27. The zero-order valence-corrected chi connectivity index (χ0v) is 14.1. The lowest BCUT2D eigenvalue weighted by molar-refractivity contribution is 0.0372. The summed E-state index contributed by atoms with van der Waals surface area (Å²) in [5.74, 6) is 0. The highest BCUT2D eigenvalue weighted by Gasteiger charge is 2.26. The first-order valence-electron chi connectivity index (χ1n) is 9.38. The van der Waals surface area contributed by atoms with Crippen molar-refractivity contribution < 1.29 is 5.11 Å². The highest BCUT2D eigenvalue weighted by Crippen LogP contribution is 2.22. The van der Waals surface area contributed by atoms with Gasteiger partial charge in [-0.3, -0.25) is 4.90 Å². The van der Waals surface area contributed by atoms with E-state index in [1.165, 1.54) is 77.3 Å². The molecule has 0 amide bonds. The number of aliphatic hydroxyl groups excluding tert-OH is 1. The van der Waals surface area contributed by atoms with Crippen molar-refractivity contribution in [2.24, 2.45) is 0 Å². The Morgan fingerprint density at radius 2 is 1.29 bits per heavy atom. The van der Waals surface area contributed by atoms with Crippen molar-refractivity contribution in [1.29, 1.82) is 0 Å². The van der Waals surface area contributed by atoms with Crippen LogP contribution in [0.3, 0.4) is 0 Å². The Labute approximate surface area is 131 Å². The minimum absolute atomic E-state index is 0.104. The van der Waals surface area contributed by atoms with Gasteiger partial charge in [0.25, 0.3) is 0 Å². The van der Waals surface area contributed by atoms with Gasteiger partial charge in [-0.1, -0.05) is 51.4 Å². The lowest BCUT2D eigenvalue weighted by Crippen LogP contribution is -2.45. The number of hydrogen-bond acceptors (Lipinski definition) is 3. The van der Waals surface area contributed by atoms with E-state index in [-0.39, 0.29) is 6.10 Å². The lowest BCUT2D eigenvalue weighted by Gasteiger charge is -2.34. The van der Waals surface area contributed by atoms with E-state index in [0.717, 1.165) is 19.5 Å². The maximum Gasteiger partial charge on any atom is 0.0695 e. The maximum atomic E-state index is 10.7. The summed E-state index contributed by atoms with van der Waals surface area (Å²) in [7, 11) is 2.22. The fraction of sp³-hybridized carbons (Fsp3) is 1.00. The van der Waals surface area contributed by atoms with Crippen LogP contribution in [0.25, 0.3) is 0 Å². The van der Waals surface area contributed by atoms with E-state index in [2.05, 4.69) is 16.8 Å². The first kappa shape index (κ1) is 17.2. The van der Waals surface area contributed by atoms with E-state index < -0.39 is 0 Å². The van der Waals surface area contributed by atoms with Crippen LogP contribution in [0, 0.1) is 0 Å². The van der Waals surface area contributed by atoms with E-state index in [1.807, 2.05) is 0 Å². The van der Waals surface area contributed by atoms with Crippen LogP contribution in [0.15, 0.2) is 0 Å². The molecule has 1 heterocycles. The molecule has 1 saturated carbocycles. The van der Waals surface area contributed by atoms with E-state index in [9.17, 15) is 5.11 Å². The van der Waals surface area contributed by atoms with E-state index in [0.29, 0.717) is 6.04 Å². The van der Waals surface area contributed by atoms with E-state index in [4.69, 9.17) is 0 Å². The van der Waals surface area contributed by atoms with Crippen molar-refractivity contribution in [2.45, 2.75) is 82.8 Å². The van der Waals surface area contributed by atoms with Gasteiger partial charge in [0.1, 0.15) is 0 Å². The second-order valence-corrected chi connectivity index (χ2v) is 7.23. The average molecular weight is 296 g/mol. The summed E-state index contributed by atoms with van der Waals surface area (Å²) in [5.41, 5.74) is 0. The third-order valence-electron chi connectivity index (χ3n) is 5.42. The molecule has 2 aliphatic rings. The first-order valence-corrected chi connectivity index (χ1v) is 9.38. The number of nitrogens with zero attached hydrogens (tertiary/aromatic N) is 2. The van der Waals surface area contributed by atoms with Gasteiger partial charge >= 0.3 is 0 Å². The molecule has 1 aliphatic heterocycles. The van der Waals surface area contributed by atoms with Crippen LogP contribution in [-0.4, -0.2) is 60.3 Å². The minimum atomic E-state index is -0.104. The first-order chi connectivity index (χ1) is 10.3. The normalized spacial score (nSPS) is 32.9. The number of aliphatic hydroxyl groups is 1. The molecular weight excluding hydrogens is 260 g/mol. The quantitative estimate of drug-likeness (QED) is 0.804. The van der Waals surface area contributed by atoms with Crippen LogP contribution in [0.4, 0.5) is 0 Å². The molecule has 1 N–H and O–H groups in total. The molecule has 3 heteroatoms. The van der Waals surface area contributed by atoms with Crippen molar-refractivity contribution >= 4 is 0 Å². The van der Waals surface area contributed by atoms with Crippen LogP contribution in [0.2, 0.25) is 0 Å². The van der Waals surface area contributed by atoms with Gasteiger partial charge in [-0.25, -0.2) is 0 Å². The van der Waals surface area contributed by atoms with Crippen LogP contribution >= 0.6 is 0 Å². The highest BCUT2D eigenvalue weighted by atomic mass is 16.3. The van der Waals surface area contributed by atoms with Gasteiger partial charge in [0, 0.05) is 19.1 Å². The second-order valence-electron chi connectivity index (χ2n) is 7.23. The molecule has 2 rings (SSSR count). The van der Waals surface area contributed by atoms with Crippen LogP contribution in [-0.2, 0) is 0 Å². The van der Waals surface area contributed by atoms with Crippen molar-refractivity contribution in [1.82, 2.24) is 9.80 Å². The Kier molecular flexibility index (Phi) is 8.05. The topological polar surface area (TPSA) is 26.7 Å². The summed E-state index contributed by atoms with van der Waals surface area (Å²) < 4.78 is 0. The average Bonchev–Trinajstić information content (AvgIpc) is 2.68. The number of rotatable bonds is 1. The summed E-state index contributed by atoms with van der Waals surface area (Å²) in [5, 5.41) is 10.7. The zero-order valence-electron chi connectivity index (χ0n) is 14.1. The van der Waals surface area contributed by atoms with Gasteiger partial charge in [0.15, 0.2) is 0 Å². The molecule has 21 heavy (non-hydrogen) atoms.